The van der Waals surface area contributed by atoms with E-state index in [0.717, 1.165) is 11.8 Å². The van der Waals surface area contributed by atoms with Crippen LogP contribution in [-0.4, -0.2) is 0 Å². The van der Waals surface area contributed by atoms with Crippen LogP contribution in [0.1, 0.15) is 32.1 Å². The van der Waals surface area contributed by atoms with Crippen LogP contribution in [0.5, 0.6) is 0 Å². The molecule has 0 aliphatic heterocycles. The zero-order valence-electron chi connectivity index (χ0n) is 5.90. The summed E-state index contributed by atoms with van der Waals surface area (Å²) in [5.41, 5.74) is 1.54. The summed E-state index contributed by atoms with van der Waals surface area (Å²) in [5.74, 6) is 2.02. The Morgan fingerprint density at radius 1 is 1.22 bits per heavy atom. The van der Waals surface area contributed by atoms with Crippen LogP contribution >= 0.6 is 0 Å². The van der Waals surface area contributed by atoms with Crippen molar-refractivity contribution >= 4 is 0 Å². The summed E-state index contributed by atoms with van der Waals surface area (Å²) in [4.78, 5) is 0. The van der Waals surface area contributed by atoms with E-state index in [9.17, 15) is 0 Å². The van der Waals surface area contributed by atoms with Crippen molar-refractivity contribution in [1.82, 2.24) is 0 Å². The molecule has 0 aromatic rings. The Balaban J connectivity index is 2.01. The molecule has 0 radical (unpaired) electrons. The second kappa shape index (κ2) is 1.86. The van der Waals surface area contributed by atoms with Gasteiger partial charge in [0.1, 0.15) is 0 Å². The van der Waals surface area contributed by atoms with Gasteiger partial charge in [0.05, 0.1) is 0 Å². The molecule has 2 fully saturated rings. The normalized spacial score (nSPS) is 41.6. The van der Waals surface area contributed by atoms with Crippen molar-refractivity contribution in [2.75, 3.05) is 0 Å². The molecular weight excluding hydrogens is 108 g/mol. The zero-order chi connectivity index (χ0) is 6.27. The molecule has 0 amide bonds. The maximum Gasteiger partial charge on any atom is -0.0174 e. The molecule has 2 rings (SSSR count). The van der Waals surface area contributed by atoms with Crippen LogP contribution in [0.4, 0.5) is 0 Å². The zero-order valence-corrected chi connectivity index (χ0v) is 5.90. The van der Waals surface area contributed by atoms with E-state index in [1.54, 1.807) is 5.57 Å². The number of fused-ring (bicyclic) bond motifs is 1. The van der Waals surface area contributed by atoms with E-state index in [-0.39, 0.29) is 0 Å². The summed E-state index contributed by atoms with van der Waals surface area (Å²) in [7, 11) is 0. The van der Waals surface area contributed by atoms with Crippen LogP contribution in [0.2, 0.25) is 0 Å². The number of hydrogen-bond acceptors (Lipinski definition) is 0. The minimum atomic E-state index is 0.957. The van der Waals surface area contributed by atoms with Crippen molar-refractivity contribution in [2.45, 2.75) is 32.1 Å². The largest absolute Gasteiger partial charge is 0.0996 e. The van der Waals surface area contributed by atoms with Gasteiger partial charge in [0.25, 0.3) is 0 Å². The first-order chi connectivity index (χ1) is 4.38. The summed E-state index contributed by atoms with van der Waals surface area (Å²) in [6, 6.07) is 0. The molecule has 0 aromatic carbocycles. The first kappa shape index (κ1) is 5.52. The maximum atomic E-state index is 4.04. The van der Waals surface area contributed by atoms with Crippen LogP contribution < -0.4 is 0 Å². The molecule has 0 aromatic heterocycles. The minimum Gasteiger partial charge on any atom is -0.0996 e. The fourth-order valence-electron chi connectivity index (χ4n) is 2.32. The van der Waals surface area contributed by atoms with E-state index in [1.807, 2.05) is 0 Å². The van der Waals surface area contributed by atoms with Crippen LogP contribution in [0.15, 0.2) is 12.2 Å². The predicted octanol–water partition coefficient (Wildman–Crippen LogP) is 2.75. The SMILES string of the molecule is C=C1CC2CCCCC12. The summed E-state index contributed by atoms with van der Waals surface area (Å²) >= 11 is 0. The fraction of sp³-hybridized carbons (Fsp3) is 0.778. The first-order valence-electron chi connectivity index (χ1n) is 4.05. The van der Waals surface area contributed by atoms with Crippen LogP contribution in [0.3, 0.4) is 0 Å². The lowest BCUT2D eigenvalue weighted by Crippen LogP contribution is -2.31. The van der Waals surface area contributed by atoms with Gasteiger partial charge in [0.2, 0.25) is 0 Å². The highest BCUT2D eigenvalue weighted by Crippen LogP contribution is 2.47. The van der Waals surface area contributed by atoms with Crippen LogP contribution in [0, 0.1) is 11.8 Å². The summed E-state index contributed by atoms with van der Waals surface area (Å²) in [6.07, 6.45) is 7.23. The summed E-state index contributed by atoms with van der Waals surface area (Å²) in [6.45, 7) is 4.04. The van der Waals surface area contributed by atoms with Crippen LogP contribution in [-0.2, 0) is 0 Å². The van der Waals surface area contributed by atoms with Crippen LogP contribution in [0.25, 0.3) is 0 Å². The van der Waals surface area contributed by atoms with Gasteiger partial charge in [-0.2, -0.15) is 0 Å². The molecule has 0 saturated heterocycles. The van der Waals surface area contributed by atoms with Crippen molar-refractivity contribution in [2.24, 2.45) is 11.8 Å². The van der Waals surface area contributed by atoms with Gasteiger partial charge in [-0.1, -0.05) is 25.0 Å². The highest BCUT2D eigenvalue weighted by molar-refractivity contribution is 5.15. The second-order valence-electron chi connectivity index (χ2n) is 3.51. The maximum absolute atomic E-state index is 4.04. The number of rotatable bonds is 0. The Bertz CT molecular complexity index is 135. The van der Waals surface area contributed by atoms with Gasteiger partial charge in [-0.15, -0.1) is 0 Å². The Morgan fingerprint density at radius 3 is 2.56 bits per heavy atom. The second-order valence-corrected chi connectivity index (χ2v) is 3.51. The molecule has 0 spiro atoms. The molecule has 2 atom stereocenters. The van der Waals surface area contributed by atoms with Crippen molar-refractivity contribution < 1.29 is 0 Å². The standard InChI is InChI=1S/C9H14/c1-7-6-8-4-2-3-5-9(7)8/h8-9H,1-6H2. The van der Waals surface area contributed by atoms with Gasteiger partial charge < -0.3 is 0 Å². The summed E-state index contributed by atoms with van der Waals surface area (Å²) in [5, 5.41) is 0. The Morgan fingerprint density at radius 2 is 2.00 bits per heavy atom. The molecule has 50 valence electrons. The Kier molecular flexibility index (Phi) is 1.14. The van der Waals surface area contributed by atoms with E-state index < -0.39 is 0 Å². The third-order valence-corrected chi connectivity index (χ3v) is 2.96. The highest BCUT2D eigenvalue weighted by atomic mass is 14.4. The van der Waals surface area contributed by atoms with Crippen molar-refractivity contribution in [3.05, 3.63) is 12.2 Å². The monoisotopic (exact) mass is 122 g/mol. The fourth-order valence-corrected chi connectivity index (χ4v) is 2.32. The molecule has 2 aliphatic carbocycles. The molecular formula is C9H14. The molecule has 0 bridgehead atoms. The first-order valence-corrected chi connectivity index (χ1v) is 4.05. The lowest BCUT2D eigenvalue weighted by Gasteiger charge is -2.42. The van der Waals surface area contributed by atoms with Crippen molar-refractivity contribution in [3.8, 4) is 0 Å². The highest BCUT2D eigenvalue weighted by Gasteiger charge is 2.35. The van der Waals surface area contributed by atoms with Gasteiger partial charge in [0, 0.05) is 0 Å². The Hall–Kier alpha value is -0.260. The van der Waals surface area contributed by atoms with E-state index in [2.05, 4.69) is 6.58 Å². The number of hydrogen-bond donors (Lipinski definition) is 0. The molecule has 2 aliphatic rings. The third kappa shape index (κ3) is 0.726. The van der Waals surface area contributed by atoms with Crippen molar-refractivity contribution in [3.63, 3.8) is 0 Å². The predicted molar refractivity (Wildman–Crippen MR) is 39.2 cm³/mol. The van der Waals surface area contributed by atoms with Gasteiger partial charge in [-0.05, 0) is 31.1 Å². The molecule has 0 N–H and O–H groups in total. The van der Waals surface area contributed by atoms with E-state index in [0.29, 0.717) is 0 Å². The summed E-state index contributed by atoms with van der Waals surface area (Å²) < 4.78 is 0. The van der Waals surface area contributed by atoms with E-state index in [4.69, 9.17) is 0 Å². The van der Waals surface area contributed by atoms with E-state index >= 15 is 0 Å². The molecule has 2 saturated carbocycles. The molecule has 0 nitrogen and oxygen atoms in total. The quantitative estimate of drug-likeness (QED) is 0.433. The van der Waals surface area contributed by atoms with Crippen molar-refractivity contribution in [1.29, 1.82) is 0 Å². The average molecular weight is 122 g/mol. The Labute approximate surface area is 57.0 Å². The lowest BCUT2D eigenvalue weighted by atomic mass is 9.63. The molecule has 2 unspecified atom stereocenters. The van der Waals surface area contributed by atoms with Gasteiger partial charge >= 0.3 is 0 Å². The topological polar surface area (TPSA) is 0 Å². The molecule has 9 heavy (non-hydrogen) atoms. The average Bonchev–Trinajstić information content (AvgIpc) is 1.86. The number of allylic oxidation sites excluding steroid dienone is 1. The third-order valence-electron chi connectivity index (χ3n) is 2.96. The van der Waals surface area contributed by atoms with E-state index in [1.165, 1.54) is 32.1 Å². The lowest BCUT2D eigenvalue weighted by molar-refractivity contribution is 0.194. The van der Waals surface area contributed by atoms with Gasteiger partial charge in [0.15, 0.2) is 0 Å². The molecule has 0 heterocycles. The molecule has 0 heteroatoms. The van der Waals surface area contributed by atoms with Gasteiger partial charge in [-0.25, -0.2) is 0 Å². The van der Waals surface area contributed by atoms with Gasteiger partial charge in [-0.3, -0.25) is 0 Å². The smallest absolute Gasteiger partial charge is 0.0174 e. The minimum absolute atomic E-state index is 0.957.